The Morgan fingerprint density at radius 3 is 2.86 bits per heavy atom. The van der Waals surface area contributed by atoms with E-state index in [1.54, 1.807) is 13.0 Å². The number of thioether (sulfide) groups is 1. The van der Waals surface area contributed by atoms with Crippen LogP contribution in [-0.2, 0) is 5.85 Å². The Morgan fingerprint density at radius 1 is 1.41 bits per heavy atom. The van der Waals surface area contributed by atoms with Crippen LogP contribution in [0.5, 0.6) is 5.75 Å². The molecule has 1 atom stereocenters. The molecule has 3 N–H and O–H groups in total. The predicted octanol–water partition coefficient (Wildman–Crippen LogP) is 1.76. The maximum absolute atomic E-state index is 11.6. The number of aromatic nitrogens is 3. The van der Waals surface area contributed by atoms with E-state index in [1.807, 2.05) is 13.8 Å². The average Bonchev–Trinajstić information content (AvgIpc) is 3.00. The summed E-state index contributed by atoms with van der Waals surface area (Å²) < 4.78 is 6.80. The summed E-state index contributed by atoms with van der Waals surface area (Å²) in [6.07, 6.45) is 0. The lowest BCUT2D eigenvalue weighted by atomic mass is 10.2. The molecule has 0 amide bonds. The second kappa shape index (κ2) is 8.66. The number of hydrogen-bond acceptors (Lipinski definition) is 10. The van der Waals surface area contributed by atoms with Gasteiger partial charge in [0.25, 0.3) is 5.69 Å². The Kier molecular flexibility index (Phi) is 6.23. The molecular formula is C17H23N7O4S. The minimum atomic E-state index is -1.68. The molecule has 0 unspecified atom stereocenters. The van der Waals surface area contributed by atoms with Gasteiger partial charge in [0.05, 0.1) is 23.3 Å². The maximum atomic E-state index is 11.6. The summed E-state index contributed by atoms with van der Waals surface area (Å²) in [6, 6.07) is 4.44. The molecule has 1 aliphatic rings. The van der Waals surface area contributed by atoms with E-state index in [4.69, 9.17) is 4.74 Å². The number of nitrogens with zero attached hydrogens (tertiary/aromatic N) is 5. The molecule has 0 bridgehead atoms. The van der Waals surface area contributed by atoms with E-state index < -0.39 is 10.8 Å². The fraction of sp³-hybridized carbons (Fsp3) is 0.471. The molecule has 0 spiro atoms. The van der Waals surface area contributed by atoms with Crippen LogP contribution in [-0.4, -0.2) is 50.0 Å². The Bertz CT molecular complexity index is 981. The van der Waals surface area contributed by atoms with Gasteiger partial charge in [-0.15, -0.1) is 0 Å². The van der Waals surface area contributed by atoms with Crippen molar-refractivity contribution in [1.82, 2.24) is 14.5 Å². The SMILES string of the molecule is CCN=c1nc(NCC)nc2n1[C@](O)(Nc1ccc(OCC)cc1[N+](=O)[O-])CS2. The summed E-state index contributed by atoms with van der Waals surface area (Å²) in [4.78, 5) is 24.2. The lowest BCUT2D eigenvalue weighted by molar-refractivity contribution is -0.384. The van der Waals surface area contributed by atoms with Crippen LogP contribution >= 0.6 is 11.8 Å². The molecule has 3 rings (SSSR count). The number of benzene rings is 1. The van der Waals surface area contributed by atoms with Crippen LogP contribution in [0.1, 0.15) is 20.8 Å². The van der Waals surface area contributed by atoms with E-state index in [0.29, 0.717) is 36.6 Å². The molecule has 2 heterocycles. The van der Waals surface area contributed by atoms with Gasteiger partial charge in [-0.05, 0) is 32.9 Å². The van der Waals surface area contributed by atoms with Crippen molar-refractivity contribution in [2.45, 2.75) is 31.8 Å². The first-order chi connectivity index (χ1) is 13.9. The lowest BCUT2D eigenvalue weighted by Crippen LogP contribution is -2.48. The van der Waals surface area contributed by atoms with Gasteiger partial charge in [0, 0.05) is 13.1 Å². The number of ether oxygens (including phenoxy) is 1. The number of hydrogen-bond donors (Lipinski definition) is 3. The Morgan fingerprint density at radius 2 is 2.21 bits per heavy atom. The zero-order chi connectivity index (χ0) is 21.0. The minimum Gasteiger partial charge on any atom is -0.494 e. The first-order valence-corrected chi connectivity index (χ1v) is 10.2. The number of nitrogens with one attached hydrogen (secondary N) is 2. The van der Waals surface area contributed by atoms with Gasteiger partial charge in [-0.25, -0.2) is 4.57 Å². The Labute approximate surface area is 171 Å². The minimum absolute atomic E-state index is 0.153. The highest BCUT2D eigenvalue weighted by Crippen LogP contribution is 2.37. The normalized spacial score (nSPS) is 18.4. The highest BCUT2D eigenvalue weighted by atomic mass is 32.2. The fourth-order valence-electron chi connectivity index (χ4n) is 2.86. The number of anilines is 2. The zero-order valence-corrected chi connectivity index (χ0v) is 17.2. The molecule has 12 heteroatoms. The molecule has 11 nitrogen and oxygen atoms in total. The van der Waals surface area contributed by atoms with Gasteiger partial charge in [-0.2, -0.15) is 9.97 Å². The lowest BCUT2D eigenvalue weighted by Gasteiger charge is -2.27. The number of nitro benzene ring substituents is 1. The first kappa shape index (κ1) is 20.9. The summed E-state index contributed by atoms with van der Waals surface area (Å²) in [5.74, 6) is -0.717. The van der Waals surface area contributed by atoms with Crippen LogP contribution in [0.15, 0.2) is 28.3 Å². The van der Waals surface area contributed by atoms with E-state index in [1.165, 1.54) is 28.5 Å². The highest BCUT2D eigenvalue weighted by molar-refractivity contribution is 7.99. The van der Waals surface area contributed by atoms with Crippen molar-refractivity contribution in [2.75, 3.05) is 36.1 Å². The van der Waals surface area contributed by atoms with Gasteiger partial charge in [0.15, 0.2) is 5.16 Å². The molecule has 29 heavy (non-hydrogen) atoms. The molecule has 0 saturated carbocycles. The number of rotatable bonds is 8. The second-order valence-corrected chi connectivity index (χ2v) is 7.01. The molecule has 1 aliphatic heterocycles. The third-order valence-electron chi connectivity index (χ3n) is 4.02. The summed E-state index contributed by atoms with van der Waals surface area (Å²) >= 11 is 1.30. The van der Waals surface area contributed by atoms with Crippen molar-refractivity contribution < 1.29 is 14.8 Å². The summed E-state index contributed by atoms with van der Waals surface area (Å²) in [5.41, 5.74) is 0.227. The van der Waals surface area contributed by atoms with Crippen molar-refractivity contribution in [1.29, 1.82) is 0 Å². The number of aliphatic hydroxyl groups is 1. The van der Waals surface area contributed by atoms with E-state index in [0.717, 1.165) is 0 Å². The third kappa shape index (κ3) is 4.27. The summed E-state index contributed by atoms with van der Waals surface area (Å²) in [5, 5.41) is 29.3. The van der Waals surface area contributed by atoms with E-state index in [-0.39, 0.29) is 22.7 Å². The van der Waals surface area contributed by atoms with Crippen molar-refractivity contribution >= 4 is 29.1 Å². The Balaban J connectivity index is 2.05. The Hall–Kier alpha value is -2.86. The van der Waals surface area contributed by atoms with E-state index in [2.05, 4.69) is 25.6 Å². The second-order valence-electron chi connectivity index (χ2n) is 6.07. The summed E-state index contributed by atoms with van der Waals surface area (Å²) in [7, 11) is 0. The summed E-state index contributed by atoms with van der Waals surface area (Å²) in [6.45, 7) is 7.06. The van der Waals surface area contributed by atoms with Crippen molar-refractivity contribution in [3.8, 4) is 5.75 Å². The van der Waals surface area contributed by atoms with Gasteiger partial charge in [0.2, 0.25) is 17.4 Å². The first-order valence-electron chi connectivity index (χ1n) is 9.22. The smallest absolute Gasteiger partial charge is 0.296 e. The standard InChI is InChI=1S/C17H23N7O4S/c1-4-18-14-20-15(19-5-2)23-16(21-14)29-10-17(23,25)22-12-8-7-11(28-6-3)9-13(12)24(26)27/h7-9,22,25H,4-6,10H2,1-3H3,(H,18,19,20)/t17-/m1/s1. The largest absolute Gasteiger partial charge is 0.494 e. The molecule has 0 fully saturated rings. The van der Waals surface area contributed by atoms with Crippen molar-refractivity contribution in [3.63, 3.8) is 0 Å². The van der Waals surface area contributed by atoms with Crippen LogP contribution in [0.2, 0.25) is 0 Å². The molecular weight excluding hydrogens is 398 g/mol. The quantitative estimate of drug-likeness (QED) is 0.330. The number of fused-ring (bicyclic) bond motifs is 1. The average molecular weight is 421 g/mol. The number of nitro groups is 1. The van der Waals surface area contributed by atoms with Crippen molar-refractivity contribution in [2.24, 2.45) is 4.99 Å². The van der Waals surface area contributed by atoms with Crippen LogP contribution in [0.3, 0.4) is 0 Å². The predicted molar refractivity (Wildman–Crippen MR) is 109 cm³/mol. The topological polar surface area (TPSA) is 140 Å². The molecule has 0 saturated heterocycles. The highest BCUT2D eigenvalue weighted by Gasteiger charge is 2.40. The maximum Gasteiger partial charge on any atom is 0.296 e. The molecule has 2 aromatic rings. The van der Waals surface area contributed by atoms with Crippen LogP contribution in [0.4, 0.5) is 17.3 Å². The molecule has 0 aliphatic carbocycles. The monoisotopic (exact) mass is 421 g/mol. The van der Waals surface area contributed by atoms with Crippen LogP contribution < -0.4 is 21.0 Å². The van der Waals surface area contributed by atoms with Gasteiger partial charge < -0.3 is 20.5 Å². The van der Waals surface area contributed by atoms with Crippen LogP contribution in [0, 0.1) is 10.1 Å². The van der Waals surface area contributed by atoms with Gasteiger partial charge in [-0.1, -0.05) is 11.8 Å². The molecule has 1 aromatic carbocycles. The molecule has 1 aromatic heterocycles. The third-order valence-corrected chi connectivity index (χ3v) is 5.10. The van der Waals surface area contributed by atoms with E-state index in [9.17, 15) is 15.2 Å². The molecule has 0 radical (unpaired) electrons. The van der Waals surface area contributed by atoms with E-state index >= 15 is 0 Å². The van der Waals surface area contributed by atoms with Crippen LogP contribution in [0.25, 0.3) is 0 Å². The zero-order valence-electron chi connectivity index (χ0n) is 16.4. The fourth-order valence-corrected chi connectivity index (χ4v) is 3.91. The van der Waals surface area contributed by atoms with Gasteiger partial charge >= 0.3 is 0 Å². The van der Waals surface area contributed by atoms with Gasteiger partial charge in [0.1, 0.15) is 11.4 Å². The van der Waals surface area contributed by atoms with Gasteiger partial charge in [-0.3, -0.25) is 15.1 Å². The molecule has 156 valence electrons. The van der Waals surface area contributed by atoms with Crippen molar-refractivity contribution in [3.05, 3.63) is 33.9 Å².